The van der Waals surface area contributed by atoms with Gasteiger partial charge in [-0.25, -0.2) is 0 Å². The molecule has 0 aliphatic heterocycles. The van der Waals surface area contributed by atoms with Crippen LogP contribution in [-0.4, -0.2) is 49.9 Å². The SMILES string of the molecule is Cc1cc(C)c(-n2c(C)nn([B-](n3nc(C)n(-c4c(C)cc(C)cc4C)c3=S)n3nc(C)n(-c4c(C)cc(C)cc4C)c3=S)c2=S)c(C)c1. The Hall–Kier alpha value is -4.20. The lowest BCUT2D eigenvalue weighted by Gasteiger charge is -2.28. The van der Waals surface area contributed by atoms with E-state index in [-0.39, 0.29) is 0 Å². The molecule has 0 N–H and O–H groups in total. The number of rotatable bonds is 6. The summed E-state index contributed by atoms with van der Waals surface area (Å²) in [6, 6.07) is 13.0. The van der Waals surface area contributed by atoms with Crippen LogP contribution in [0.25, 0.3) is 17.1 Å². The molecule has 1 radical (unpaired) electrons. The first-order valence-corrected chi connectivity index (χ1v) is 17.5. The number of benzene rings is 3. The van der Waals surface area contributed by atoms with Crippen LogP contribution in [0.5, 0.6) is 0 Å². The number of nitrogens with zero attached hydrogens (tertiary/aromatic N) is 9. The fraction of sp³-hybridized carbons (Fsp3) is 0.333. The Morgan fingerprint density at radius 1 is 0.388 bits per heavy atom. The molecule has 0 aliphatic carbocycles. The molecule has 253 valence electrons. The Morgan fingerprint density at radius 3 is 0.796 bits per heavy atom. The Morgan fingerprint density at radius 2 is 0.592 bits per heavy atom. The Balaban J connectivity index is 1.69. The fourth-order valence-corrected chi connectivity index (χ4v) is 8.64. The van der Waals surface area contributed by atoms with Crippen molar-refractivity contribution in [2.45, 2.75) is 83.1 Å². The largest absolute Gasteiger partial charge is 0.394 e. The van der Waals surface area contributed by atoms with Gasteiger partial charge in [0.25, 0.3) is 7.12 Å². The minimum absolute atomic E-state index is 0.478. The maximum atomic E-state index is 6.29. The second-order valence-corrected chi connectivity index (χ2v) is 14.5. The quantitative estimate of drug-likeness (QED) is 0.128. The van der Waals surface area contributed by atoms with E-state index in [0.29, 0.717) is 14.3 Å². The summed E-state index contributed by atoms with van der Waals surface area (Å²) >= 11 is 18.9. The second kappa shape index (κ2) is 12.6. The maximum Gasteiger partial charge on any atom is 0.271 e. The average Bonchev–Trinajstić information content (AvgIpc) is 3.54. The van der Waals surface area contributed by atoms with Crippen LogP contribution in [0.15, 0.2) is 36.4 Å². The lowest BCUT2D eigenvalue weighted by Crippen LogP contribution is -2.44. The fourth-order valence-electron chi connectivity index (χ4n) is 7.56. The summed E-state index contributed by atoms with van der Waals surface area (Å²) in [7, 11) is -0.837. The van der Waals surface area contributed by atoms with E-state index in [9.17, 15) is 0 Å². The predicted octanol–water partition coefficient (Wildman–Crippen LogP) is 8.47. The van der Waals surface area contributed by atoms with Crippen molar-refractivity contribution in [3.8, 4) is 17.1 Å². The summed E-state index contributed by atoms with van der Waals surface area (Å²) < 4.78 is 12.8. The molecule has 0 atom stereocenters. The standard InChI is InChI=1S/C36H42BN9S3/c1-19-13-22(4)31(23(5)14-19)41-28(10)38-44(34(41)47)37(45-35(48)42(29(11)39-45)32-24(6)15-20(2)16-25(32)7)46-36(49)43(30(12)40-46)33-26(8)17-21(3)18-27(33)9/h13-18H,1-12H3/q-1. The van der Waals surface area contributed by atoms with Crippen molar-refractivity contribution in [1.29, 1.82) is 0 Å². The van der Waals surface area contributed by atoms with Gasteiger partial charge in [0.2, 0.25) is 0 Å². The highest BCUT2D eigenvalue weighted by atomic mass is 32.1. The first-order chi connectivity index (χ1) is 23.0. The topological polar surface area (TPSA) is 68.2 Å². The molecule has 0 fully saturated rings. The van der Waals surface area contributed by atoms with Gasteiger partial charge in [-0.05, 0) is 153 Å². The molecule has 0 unspecified atom stereocenters. The summed E-state index contributed by atoms with van der Waals surface area (Å²) in [6.07, 6.45) is 0. The van der Waals surface area contributed by atoms with Crippen molar-refractivity contribution in [3.05, 3.63) is 118 Å². The van der Waals surface area contributed by atoms with Crippen molar-refractivity contribution in [2.24, 2.45) is 0 Å². The summed E-state index contributed by atoms with van der Waals surface area (Å²) in [4.78, 5) is 0. The highest BCUT2D eigenvalue weighted by molar-refractivity contribution is 7.71. The lowest BCUT2D eigenvalue weighted by molar-refractivity contribution is 0.744. The first kappa shape index (κ1) is 34.7. The molecule has 3 heterocycles. The van der Waals surface area contributed by atoms with E-state index in [1.165, 1.54) is 16.7 Å². The van der Waals surface area contributed by atoms with Crippen LogP contribution in [0.2, 0.25) is 0 Å². The minimum atomic E-state index is -0.837. The molecule has 3 aromatic carbocycles. The maximum absolute atomic E-state index is 6.29. The van der Waals surface area contributed by atoms with Crippen LogP contribution in [0.4, 0.5) is 0 Å². The summed E-state index contributed by atoms with van der Waals surface area (Å²) in [5.74, 6) is 2.18. The zero-order chi connectivity index (χ0) is 35.8. The zero-order valence-electron chi connectivity index (χ0n) is 30.3. The van der Waals surface area contributed by atoms with Gasteiger partial charge in [0, 0.05) is 0 Å². The number of aryl methyl sites for hydroxylation is 12. The number of hydrogen-bond acceptors (Lipinski definition) is 6. The molecule has 0 saturated heterocycles. The van der Waals surface area contributed by atoms with E-state index in [0.717, 1.165) is 67.9 Å². The molecular weight excluding hydrogens is 665 g/mol. The molecule has 49 heavy (non-hydrogen) atoms. The molecule has 6 rings (SSSR count). The van der Waals surface area contributed by atoms with Gasteiger partial charge in [-0.15, -0.1) is 0 Å². The molecule has 3 aromatic heterocycles. The summed E-state index contributed by atoms with van der Waals surface area (Å²) in [6.45, 7) is 24.8. The van der Waals surface area contributed by atoms with E-state index < -0.39 is 7.12 Å². The molecule has 0 amide bonds. The second-order valence-electron chi connectivity index (χ2n) is 13.4. The molecule has 0 bridgehead atoms. The van der Waals surface area contributed by atoms with Gasteiger partial charge in [0.1, 0.15) is 17.5 Å². The van der Waals surface area contributed by atoms with E-state index in [1.54, 1.807) is 13.8 Å². The molecule has 0 aliphatic rings. The van der Waals surface area contributed by atoms with Crippen LogP contribution in [0.1, 0.15) is 67.5 Å². The minimum Gasteiger partial charge on any atom is -0.394 e. The van der Waals surface area contributed by atoms with Crippen molar-refractivity contribution >= 4 is 43.8 Å². The van der Waals surface area contributed by atoms with E-state index >= 15 is 0 Å². The molecule has 0 saturated carbocycles. The van der Waals surface area contributed by atoms with Crippen LogP contribution < -0.4 is 0 Å². The number of aromatic nitrogens is 9. The van der Waals surface area contributed by atoms with Gasteiger partial charge in [-0.1, -0.05) is 53.1 Å². The average molecular weight is 708 g/mol. The van der Waals surface area contributed by atoms with Gasteiger partial charge in [0.15, 0.2) is 14.3 Å². The molecule has 6 aromatic rings. The summed E-state index contributed by atoms with van der Waals surface area (Å²) in [5.41, 5.74) is 13.2. The van der Waals surface area contributed by atoms with Crippen LogP contribution in [0.3, 0.4) is 0 Å². The van der Waals surface area contributed by atoms with E-state index in [4.69, 9.17) is 51.9 Å². The lowest BCUT2D eigenvalue weighted by atomic mass is 9.96. The normalized spacial score (nSPS) is 11.7. The van der Waals surface area contributed by atoms with Crippen molar-refractivity contribution in [3.63, 3.8) is 0 Å². The van der Waals surface area contributed by atoms with E-state index in [2.05, 4.69) is 98.7 Å². The highest BCUT2D eigenvalue weighted by Crippen LogP contribution is 2.27. The van der Waals surface area contributed by atoms with Crippen LogP contribution >= 0.6 is 36.7 Å². The van der Waals surface area contributed by atoms with Gasteiger partial charge in [0.05, 0.1) is 17.1 Å². The van der Waals surface area contributed by atoms with Gasteiger partial charge in [-0.2, -0.15) is 15.3 Å². The van der Waals surface area contributed by atoms with Crippen LogP contribution in [-0.2, 0) is 0 Å². The zero-order valence-corrected chi connectivity index (χ0v) is 32.7. The third-order valence-corrected chi connectivity index (χ3v) is 10.2. The Labute approximate surface area is 303 Å². The molecular formula is C36H42BN9S3-. The highest BCUT2D eigenvalue weighted by Gasteiger charge is 2.24. The Bertz CT molecular complexity index is 2160. The van der Waals surface area contributed by atoms with E-state index in [1.807, 2.05) is 34.5 Å². The van der Waals surface area contributed by atoms with Gasteiger partial charge in [-0.3, -0.25) is 13.7 Å². The third kappa shape index (κ3) is 5.71. The third-order valence-electron chi connectivity index (χ3n) is 9.12. The Kier molecular flexibility index (Phi) is 8.91. The summed E-state index contributed by atoms with van der Waals surface area (Å²) in [5, 5.41) is 15.3. The first-order valence-electron chi connectivity index (χ1n) is 16.3. The molecule has 13 heteroatoms. The van der Waals surface area contributed by atoms with Crippen LogP contribution in [0, 0.1) is 97.4 Å². The monoisotopic (exact) mass is 707 g/mol. The van der Waals surface area contributed by atoms with Gasteiger partial charge >= 0.3 is 0 Å². The van der Waals surface area contributed by atoms with Gasteiger partial charge < -0.3 is 13.8 Å². The molecule has 9 nitrogen and oxygen atoms in total. The predicted molar refractivity (Wildman–Crippen MR) is 206 cm³/mol. The number of hydrogen-bond donors (Lipinski definition) is 0. The van der Waals surface area contributed by atoms with Crippen molar-refractivity contribution in [1.82, 2.24) is 42.8 Å². The molecule has 0 spiro atoms. The van der Waals surface area contributed by atoms with Crippen molar-refractivity contribution in [2.75, 3.05) is 0 Å². The van der Waals surface area contributed by atoms with Crippen molar-refractivity contribution < 1.29 is 0 Å². The smallest absolute Gasteiger partial charge is 0.271 e.